The number of halogens is 1. The predicted octanol–water partition coefficient (Wildman–Crippen LogP) is 1.45. The van der Waals surface area contributed by atoms with Crippen molar-refractivity contribution in [1.29, 1.82) is 0 Å². The van der Waals surface area contributed by atoms with Crippen LogP contribution in [0.15, 0.2) is 47.1 Å². The molecule has 132 valence electrons. The number of furan rings is 1. The van der Waals surface area contributed by atoms with Crippen LogP contribution in [0.2, 0.25) is 0 Å². The minimum Gasteiger partial charge on any atom is -0.459 e. The molecule has 25 heavy (non-hydrogen) atoms. The normalized spacial score (nSPS) is 10.3. The fraction of sp³-hybridized carbons (Fsp3) is 0.235. The highest BCUT2D eigenvalue weighted by molar-refractivity contribution is 5.95. The number of amides is 3. The van der Waals surface area contributed by atoms with E-state index in [2.05, 4.69) is 5.32 Å². The molecule has 0 saturated heterocycles. The molecule has 1 heterocycles. The van der Waals surface area contributed by atoms with Gasteiger partial charge in [-0.15, -0.1) is 0 Å². The highest BCUT2D eigenvalue weighted by Gasteiger charge is 2.17. The summed E-state index contributed by atoms with van der Waals surface area (Å²) in [5, 5.41) is 2.56. The van der Waals surface area contributed by atoms with Crippen molar-refractivity contribution < 1.29 is 23.2 Å². The van der Waals surface area contributed by atoms with Crippen LogP contribution in [0, 0.1) is 5.82 Å². The van der Waals surface area contributed by atoms with Crippen LogP contribution in [-0.2, 0) is 9.59 Å². The van der Waals surface area contributed by atoms with Crippen molar-refractivity contribution in [3.63, 3.8) is 0 Å². The topological polar surface area (TPSA) is 106 Å². The van der Waals surface area contributed by atoms with Crippen LogP contribution in [-0.4, -0.2) is 30.8 Å². The first-order valence-corrected chi connectivity index (χ1v) is 7.63. The minimum absolute atomic E-state index is 0.00257. The van der Waals surface area contributed by atoms with Gasteiger partial charge in [-0.2, -0.15) is 0 Å². The minimum atomic E-state index is -0.550. The Kier molecular flexibility index (Phi) is 6.27. The lowest BCUT2D eigenvalue weighted by Gasteiger charge is -2.22. The molecule has 2 rings (SSSR count). The first-order valence-electron chi connectivity index (χ1n) is 7.63. The summed E-state index contributed by atoms with van der Waals surface area (Å²) in [6, 6.07) is 8.41. The zero-order chi connectivity index (χ0) is 18.2. The van der Waals surface area contributed by atoms with Gasteiger partial charge < -0.3 is 20.4 Å². The zero-order valence-corrected chi connectivity index (χ0v) is 13.4. The molecule has 0 bridgehead atoms. The van der Waals surface area contributed by atoms with Crippen molar-refractivity contribution in [2.45, 2.75) is 12.8 Å². The van der Waals surface area contributed by atoms with Gasteiger partial charge >= 0.3 is 0 Å². The lowest BCUT2D eigenvalue weighted by molar-refractivity contribution is -0.119. The van der Waals surface area contributed by atoms with E-state index in [0.717, 1.165) is 0 Å². The number of carbonyl (C=O) groups excluding carboxylic acids is 3. The Morgan fingerprint density at radius 2 is 1.84 bits per heavy atom. The third-order valence-electron chi connectivity index (χ3n) is 3.39. The first-order chi connectivity index (χ1) is 12.0. The summed E-state index contributed by atoms with van der Waals surface area (Å²) in [5.41, 5.74) is 5.58. The van der Waals surface area contributed by atoms with Crippen LogP contribution in [0.3, 0.4) is 0 Å². The van der Waals surface area contributed by atoms with E-state index in [9.17, 15) is 18.8 Å². The van der Waals surface area contributed by atoms with Crippen molar-refractivity contribution in [2.75, 3.05) is 18.0 Å². The molecule has 0 aliphatic heterocycles. The van der Waals surface area contributed by atoms with Crippen molar-refractivity contribution in [3.8, 4) is 0 Å². The molecule has 0 aliphatic carbocycles. The monoisotopic (exact) mass is 347 g/mol. The summed E-state index contributed by atoms with van der Waals surface area (Å²) in [6.45, 7) is 0.165. The number of anilines is 1. The van der Waals surface area contributed by atoms with E-state index in [1.165, 1.54) is 41.5 Å². The smallest absolute Gasteiger partial charge is 0.286 e. The fourth-order valence-corrected chi connectivity index (χ4v) is 2.15. The quantitative estimate of drug-likeness (QED) is 0.754. The molecule has 8 heteroatoms. The molecule has 0 atom stereocenters. The number of nitrogens with zero attached hydrogens (tertiary/aromatic N) is 1. The number of nitrogens with two attached hydrogens (primary N) is 1. The van der Waals surface area contributed by atoms with Gasteiger partial charge in [0.25, 0.3) is 5.91 Å². The van der Waals surface area contributed by atoms with Gasteiger partial charge in [-0.05, 0) is 36.4 Å². The maximum Gasteiger partial charge on any atom is 0.286 e. The van der Waals surface area contributed by atoms with E-state index in [0.29, 0.717) is 5.69 Å². The van der Waals surface area contributed by atoms with Crippen molar-refractivity contribution in [3.05, 3.63) is 54.2 Å². The van der Waals surface area contributed by atoms with Crippen LogP contribution in [0.25, 0.3) is 0 Å². The fourth-order valence-electron chi connectivity index (χ4n) is 2.15. The molecular formula is C17H18FN3O4. The second-order valence-electron chi connectivity index (χ2n) is 5.22. The molecule has 3 N–H and O–H groups in total. The molecule has 0 saturated carbocycles. The van der Waals surface area contributed by atoms with E-state index < -0.39 is 17.6 Å². The molecule has 0 radical (unpaired) electrons. The Hall–Kier alpha value is -3.16. The molecule has 0 spiro atoms. The Bertz CT molecular complexity index is 729. The van der Waals surface area contributed by atoms with Gasteiger partial charge in [0.1, 0.15) is 5.82 Å². The van der Waals surface area contributed by atoms with Crippen LogP contribution in [0.1, 0.15) is 23.4 Å². The van der Waals surface area contributed by atoms with Crippen molar-refractivity contribution in [1.82, 2.24) is 5.32 Å². The van der Waals surface area contributed by atoms with Crippen LogP contribution >= 0.6 is 0 Å². The molecule has 0 fully saturated rings. The van der Waals surface area contributed by atoms with Gasteiger partial charge in [0.2, 0.25) is 11.8 Å². The molecule has 7 nitrogen and oxygen atoms in total. The van der Waals surface area contributed by atoms with E-state index >= 15 is 0 Å². The van der Waals surface area contributed by atoms with Crippen LogP contribution in [0.5, 0.6) is 0 Å². The number of nitrogens with one attached hydrogen (secondary N) is 1. The maximum absolute atomic E-state index is 13.1. The van der Waals surface area contributed by atoms with Gasteiger partial charge in [0.05, 0.1) is 6.26 Å². The van der Waals surface area contributed by atoms with E-state index in [4.69, 9.17) is 10.2 Å². The molecular weight excluding hydrogens is 329 g/mol. The molecule has 1 aromatic heterocycles. The zero-order valence-electron chi connectivity index (χ0n) is 13.4. The predicted molar refractivity (Wildman–Crippen MR) is 88.2 cm³/mol. The summed E-state index contributed by atoms with van der Waals surface area (Å²) in [6.07, 6.45) is 1.35. The van der Waals surface area contributed by atoms with Gasteiger partial charge in [0, 0.05) is 31.6 Å². The molecule has 0 unspecified atom stereocenters. The molecule has 1 aromatic carbocycles. The Labute approximate surface area is 143 Å². The lowest BCUT2D eigenvalue weighted by atomic mass is 10.2. The third-order valence-corrected chi connectivity index (χ3v) is 3.39. The number of hydrogen-bond donors (Lipinski definition) is 2. The molecule has 2 aromatic rings. The number of carbonyl (C=O) groups is 3. The second-order valence-corrected chi connectivity index (χ2v) is 5.22. The summed E-state index contributed by atoms with van der Waals surface area (Å²) in [5.74, 6) is -1.59. The van der Waals surface area contributed by atoms with E-state index in [1.54, 1.807) is 6.07 Å². The number of hydrogen-bond acceptors (Lipinski definition) is 4. The summed E-state index contributed by atoms with van der Waals surface area (Å²) in [4.78, 5) is 36.5. The Morgan fingerprint density at radius 1 is 1.12 bits per heavy atom. The Morgan fingerprint density at radius 3 is 2.44 bits per heavy atom. The summed E-state index contributed by atoms with van der Waals surface area (Å²) < 4.78 is 18.0. The second kappa shape index (κ2) is 8.62. The number of benzene rings is 1. The molecule has 3 amide bonds. The maximum atomic E-state index is 13.1. The third kappa shape index (κ3) is 5.45. The van der Waals surface area contributed by atoms with Crippen molar-refractivity contribution in [2.24, 2.45) is 5.73 Å². The van der Waals surface area contributed by atoms with E-state index in [1.807, 2.05) is 0 Å². The van der Waals surface area contributed by atoms with Gasteiger partial charge in [-0.3, -0.25) is 14.4 Å². The average Bonchev–Trinajstić information content (AvgIpc) is 3.11. The number of rotatable bonds is 8. The molecule has 0 aliphatic rings. The van der Waals surface area contributed by atoms with Gasteiger partial charge in [0.15, 0.2) is 5.76 Å². The van der Waals surface area contributed by atoms with Gasteiger partial charge in [-0.25, -0.2) is 4.39 Å². The Balaban J connectivity index is 1.95. The lowest BCUT2D eigenvalue weighted by Crippen LogP contribution is -2.36. The first kappa shape index (κ1) is 18.2. The van der Waals surface area contributed by atoms with Crippen LogP contribution < -0.4 is 16.0 Å². The van der Waals surface area contributed by atoms with E-state index in [-0.39, 0.29) is 37.6 Å². The van der Waals surface area contributed by atoms with Gasteiger partial charge in [-0.1, -0.05) is 0 Å². The summed E-state index contributed by atoms with van der Waals surface area (Å²) >= 11 is 0. The van der Waals surface area contributed by atoms with Crippen molar-refractivity contribution >= 4 is 23.4 Å². The standard InChI is InChI=1S/C17H18FN3O4/c18-12-3-5-13(6-4-12)21(10-8-15(19)22)16(23)7-9-20-17(24)14-2-1-11-25-14/h1-6,11H,7-10H2,(H2,19,22)(H,20,24). The highest BCUT2D eigenvalue weighted by atomic mass is 19.1. The highest BCUT2D eigenvalue weighted by Crippen LogP contribution is 2.16. The SMILES string of the molecule is NC(=O)CCN(C(=O)CCNC(=O)c1ccco1)c1ccc(F)cc1. The largest absolute Gasteiger partial charge is 0.459 e. The summed E-state index contributed by atoms with van der Waals surface area (Å²) in [7, 11) is 0. The average molecular weight is 347 g/mol. The van der Waals surface area contributed by atoms with Crippen LogP contribution in [0.4, 0.5) is 10.1 Å². The number of primary amides is 1.